The monoisotopic (exact) mass is 293 g/mol. The minimum Gasteiger partial charge on any atom is -0.312 e. The van der Waals surface area contributed by atoms with E-state index in [0.717, 1.165) is 23.1 Å². The highest BCUT2D eigenvalue weighted by Crippen LogP contribution is 2.22. The quantitative estimate of drug-likeness (QED) is 0.923. The summed E-state index contributed by atoms with van der Waals surface area (Å²) >= 11 is 3.54. The van der Waals surface area contributed by atoms with Crippen molar-refractivity contribution in [2.75, 3.05) is 6.54 Å². The summed E-state index contributed by atoms with van der Waals surface area (Å²) in [6, 6.07) is 6.78. The summed E-state index contributed by atoms with van der Waals surface area (Å²) in [6.45, 7) is 2.12. The van der Waals surface area contributed by atoms with Crippen molar-refractivity contribution in [2.45, 2.75) is 31.8 Å². The van der Waals surface area contributed by atoms with Gasteiger partial charge in [0.2, 0.25) is 0 Å². The predicted octanol–water partition coefficient (Wildman–Crippen LogP) is 2.94. The molecule has 0 aliphatic carbocycles. The molecule has 0 amide bonds. The van der Waals surface area contributed by atoms with Crippen molar-refractivity contribution >= 4 is 26.8 Å². The number of halogens is 1. The van der Waals surface area contributed by atoms with E-state index >= 15 is 0 Å². The molecule has 0 spiro atoms. The van der Waals surface area contributed by atoms with Crippen molar-refractivity contribution in [3.8, 4) is 0 Å². The van der Waals surface area contributed by atoms with Crippen molar-refractivity contribution in [3.63, 3.8) is 0 Å². The largest absolute Gasteiger partial charge is 0.312 e. The Morgan fingerprint density at radius 2 is 2.35 bits per heavy atom. The van der Waals surface area contributed by atoms with Crippen LogP contribution in [-0.2, 0) is 6.54 Å². The molecule has 4 heteroatoms. The van der Waals surface area contributed by atoms with Gasteiger partial charge in [-0.25, -0.2) is 0 Å². The van der Waals surface area contributed by atoms with E-state index in [1.165, 1.54) is 24.6 Å². The third-order valence-electron chi connectivity index (χ3n) is 3.35. The zero-order valence-corrected chi connectivity index (χ0v) is 11.3. The van der Waals surface area contributed by atoms with E-state index in [9.17, 15) is 0 Å². The zero-order chi connectivity index (χ0) is 11.7. The molecule has 1 aromatic carbocycles. The topological polar surface area (TPSA) is 29.9 Å². The minimum absolute atomic E-state index is 0.580. The molecule has 0 radical (unpaired) electrons. The first-order valence-electron chi connectivity index (χ1n) is 6.18. The molecule has 1 saturated heterocycles. The molecule has 1 N–H and O–H groups in total. The van der Waals surface area contributed by atoms with Gasteiger partial charge >= 0.3 is 0 Å². The molecule has 90 valence electrons. The molecule has 0 saturated carbocycles. The van der Waals surface area contributed by atoms with E-state index in [2.05, 4.69) is 49.4 Å². The van der Waals surface area contributed by atoms with E-state index in [4.69, 9.17) is 0 Å². The van der Waals surface area contributed by atoms with Crippen molar-refractivity contribution < 1.29 is 0 Å². The number of hydrogen-bond donors (Lipinski definition) is 1. The van der Waals surface area contributed by atoms with Gasteiger partial charge < -0.3 is 5.32 Å². The maximum atomic E-state index is 4.64. The van der Waals surface area contributed by atoms with Crippen LogP contribution in [-0.4, -0.2) is 22.4 Å². The van der Waals surface area contributed by atoms with Crippen LogP contribution < -0.4 is 5.32 Å². The fourth-order valence-electron chi connectivity index (χ4n) is 2.46. The molecule has 1 aliphatic heterocycles. The van der Waals surface area contributed by atoms with Gasteiger partial charge in [-0.15, -0.1) is 0 Å². The van der Waals surface area contributed by atoms with Gasteiger partial charge in [0.05, 0.1) is 6.54 Å². The first-order valence-corrected chi connectivity index (χ1v) is 6.97. The Morgan fingerprint density at radius 1 is 1.41 bits per heavy atom. The molecular formula is C13H16BrN3. The SMILES string of the molecule is Brc1cccc2cn(CC3CCCCN3)nc12. The lowest BCUT2D eigenvalue weighted by atomic mass is 10.1. The average Bonchev–Trinajstić information content (AvgIpc) is 2.74. The Kier molecular flexibility index (Phi) is 3.16. The number of benzene rings is 1. The van der Waals surface area contributed by atoms with Crippen LogP contribution >= 0.6 is 15.9 Å². The van der Waals surface area contributed by atoms with Crippen molar-refractivity contribution in [1.29, 1.82) is 0 Å². The number of nitrogens with zero attached hydrogens (tertiary/aromatic N) is 2. The van der Waals surface area contributed by atoms with Crippen molar-refractivity contribution in [1.82, 2.24) is 15.1 Å². The maximum Gasteiger partial charge on any atom is 0.106 e. The number of fused-ring (bicyclic) bond motifs is 1. The third-order valence-corrected chi connectivity index (χ3v) is 3.99. The maximum absolute atomic E-state index is 4.64. The second-order valence-corrected chi connectivity index (χ2v) is 5.53. The summed E-state index contributed by atoms with van der Waals surface area (Å²) in [6.07, 6.45) is 6.04. The fraction of sp³-hybridized carbons (Fsp3) is 0.462. The Bertz CT molecular complexity index is 514. The van der Waals surface area contributed by atoms with Crippen LogP contribution in [0.3, 0.4) is 0 Å². The molecule has 1 unspecified atom stereocenters. The summed E-state index contributed by atoms with van der Waals surface area (Å²) in [7, 11) is 0. The summed E-state index contributed by atoms with van der Waals surface area (Å²) in [5.74, 6) is 0. The fourth-order valence-corrected chi connectivity index (χ4v) is 2.92. The molecule has 1 atom stereocenters. The van der Waals surface area contributed by atoms with E-state index in [1.807, 2.05) is 6.07 Å². The normalized spacial score (nSPS) is 20.9. The first kappa shape index (κ1) is 11.2. The van der Waals surface area contributed by atoms with Crippen molar-refractivity contribution in [2.24, 2.45) is 0 Å². The average molecular weight is 294 g/mol. The lowest BCUT2D eigenvalue weighted by Crippen LogP contribution is -2.37. The first-order chi connectivity index (χ1) is 8.33. The highest BCUT2D eigenvalue weighted by molar-refractivity contribution is 9.10. The Balaban J connectivity index is 1.83. The van der Waals surface area contributed by atoms with Crippen LogP contribution in [0.2, 0.25) is 0 Å². The molecule has 1 fully saturated rings. The highest BCUT2D eigenvalue weighted by Gasteiger charge is 2.14. The number of hydrogen-bond acceptors (Lipinski definition) is 2. The van der Waals surface area contributed by atoms with Gasteiger partial charge in [-0.3, -0.25) is 4.68 Å². The predicted molar refractivity (Wildman–Crippen MR) is 73.1 cm³/mol. The summed E-state index contributed by atoms with van der Waals surface area (Å²) < 4.78 is 3.14. The van der Waals surface area contributed by atoms with Crippen LogP contribution in [0.25, 0.3) is 10.9 Å². The number of rotatable bonds is 2. The van der Waals surface area contributed by atoms with E-state index in [-0.39, 0.29) is 0 Å². The van der Waals surface area contributed by atoms with Crippen LogP contribution in [0.5, 0.6) is 0 Å². The Labute approximate surface area is 109 Å². The van der Waals surface area contributed by atoms with E-state index in [0.29, 0.717) is 6.04 Å². The lowest BCUT2D eigenvalue weighted by Gasteiger charge is -2.23. The van der Waals surface area contributed by atoms with Gasteiger partial charge in [-0.1, -0.05) is 18.6 Å². The number of nitrogens with one attached hydrogen (secondary N) is 1. The van der Waals surface area contributed by atoms with Gasteiger partial charge in [0.1, 0.15) is 5.52 Å². The van der Waals surface area contributed by atoms with Crippen LogP contribution in [0.1, 0.15) is 19.3 Å². The number of piperidine rings is 1. The van der Waals surface area contributed by atoms with Gasteiger partial charge in [-0.2, -0.15) is 5.10 Å². The molecule has 3 rings (SSSR count). The van der Waals surface area contributed by atoms with E-state index < -0.39 is 0 Å². The standard InChI is InChI=1S/C13H16BrN3/c14-12-6-3-4-10-8-17(16-13(10)12)9-11-5-1-2-7-15-11/h3-4,6,8,11,15H,1-2,5,7,9H2. The van der Waals surface area contributed by atoms with Crippen LogP contribution in [0, 0.1) is 0 Å². The van der Waals surface area contributed by atoms with Crippen LogP contribution in [0.4, 0.5) is 0 Å². The third kappa shape index (κ3) is 2.38. The molecule has 1 aliphatic rings. The molecule has 2 aromatic rings. The highest BCUT2D eigenvalue weighted by atomic mass is 79.9. The van der Waals surface area contributed by atoms with Gasteiger partial charge in [0, 0.05) is 22.1 Å². The van der Waals surface area contributed by atoms with Crippen LogP contribution in [0.15, 0.2) is 28.9 Å². The number of aromatic nitrogens is 2. The minimum atomic E-state index is 0.580. The lowest BCUT2D eigenvalue weighted by molar-refractivity contribution is 0.352. The second-order valence-electron chi connectivity index (χ2n) is 4.68. The molecule has 2 heterocycles. The van der Waals surface area contributed by atoms with Crippen molar-refractivity contribution in [3.05, 3.63) is 28.9 Å². The summed E-state index contributed by atoms with van der Waals surface area (Å²) in [5.41, 5.74) is 1.06. The molecule has 1 aromatic heterocycles. The van der Waals surface area contributed by atoms with Gasteiger partial charge in [-0.05, 0) is 41.4 Å². The summed E-state index contributed by atoms with van der Waals surface area (Å²) in [5, 5.41) is 9.39. The van der Waals surface area contributed by atoms with E-state index in [1.54, 1.807) is 0 Å². The molecule has 17 heavy (non-hydrogen) atoms. The Morgan fingerprint density at radius 3 is 3.12 bits per heavy atom. The molecule has 3 nitrogen and oxygen atoms in total. The zero-order valence-electron chi connectivity index (χ0n) is 9.69. The Hall–Kier alpha value is -0.870. The molecular weight excluding hydrogens is 278 g/mol. The van der Waals surface area contributed by atoms with Gasteiger partial charge in [0.25, 0.3) is 0 Å². The van der Waals surface area contributed by atoms with Gasteiger partial charge in [0.15, 0.2) is 0 Å². The summed E-state index contributed by atoms with van der Waals surface area (Å²) in [4.78, 5) is 0. The smallest absolute Gasteiger partial charge is 0.106 e. The molecule has 0 bridgehead atoms. The second kappa shape index (κ2) is 4.78.